The second-order valence-corrected chi connectivity index (χ2v) is 7.81. The minimum atomic E-state index is -0.0204. The maximum Gasteiger partial charge on any atom is 0.230 e. The molecule has 1 heterocycles. The lowest BCUT2D eigenvalue weighted by atomic mass is 10.2. The summed E-state index contributed by atoms with van der Waals surface area (Å²) in [4.78, 5) is 16.4. The topological polar surface area (TPSA) is 60.5 Å². The third-order valence-electron chi connectivity index (χ3n) is 4.04. The smallest absolute Gasteiger partial charge is 0.230 e. The van der Waals surface area contributed by atoms with Crippen LogP contribution in [0.15, 0.2) is 66.9 Å². The standard InChI is InChI=1S/C23H23ClN2O3S/c1-2-28-20-8-3-4-9-21(20)29-23-11-10-18(14-26-23)13-25-22(27)16-30-15-17-6-5-7-19(24)12-17/h3-12,14H,2,13,15-16H2,1H3,(H,25,27). The van der Waals surface area contributed by atoms with E-state index in [1.54, 1.807) is 24.0 Å². The fourth-order valence-electron chi connectivity index (χ4n) is 2.64. The maximum absolute atomic E-state index is 12.1. The van der Waals surface area contributed by atoms with Gasteiger partial charge in [-0.25, -0.2) is 4.98 Å². The largest absolute Gasteiger partial charge is 0.490 e. The van der Waals surface area contributed by atoms with Crippen molar-refractivity contribution in [3.63, 3.8) is 0 Å². The van der Waals surface area contributed by atoms with Crippen LogP contribution in [0, 0.1) is 0 Å². The van der Waals surface area contributed by atoms with Crippen LogP contribution in [-0.4, -0.2) is 23.3 Å². The van der Waals surface area contributed by atoms with E-state index in [9.17, 15) is 4.79 Å². The molecule has 0 spiro atoms. The first-order chi connectivity index (χ1) is 14.6. The number of nitrogens with zero attached hydrogens (tertiary/aromatic N) is 1. The van der Waals surface area contributed by atoms with Gasteiger partial charge in [-0.2, -0.15) is 0 Å². The number of thioether (sulfide) groups is 1. The van der Waals surface area contributed by atoms with Gasteiger partial charge in [-0.05, 0) is 42.3 Å². The number of pyridine rings is 1. The van der Waals surface area contributed by atoms with E-state index in [4.69, 9.17) is 21.1 Å². The van der Waals surface area contributed by atoms with E-state index in [0.29, 0.717) is 41.3 Å². The number of amides is 1. The Kier molecular flexibility index (Phi) is 8.41. The molecule has 0 bridgehead atoms. The Labute approximate surface area is 185 Å². The van der Waals surface area contributed by atoms with E-state index in [2.05, 4.69) is 10.3 Å². The molecule has 1 amide bonds. The number of ether oxygens (including phenoxy) is 2. The van der Waals surface area contributed by atoms with E-state index >= 15 is 0 Å². The molecule has 0 unspecified atom stereocenters. The zero-order valence-electron chi connectivity index (χ0n) is 16.6. The molecule has 3 rings (SSSR count). The minimum absolute atomic E-state index is 0.0204. The number of carbonyl (C=O) groups is 1. The highest BCUT2D eigenvalue weighted by molar-refractivity contribution is 7.99. The molecule has 7 heteroatoms. The molecule has 0 aliphatic heterocycles. The van der Waals surface area contributed by atoms with Crippen molar-refractivity contribution >= 4 is 29.3 Å². The predicted octanol–water partition coefficient (Wildman–Crippen LogP) is 5.48. The number of rotatable bonds is 10. The molecular formula is C23H23ClN2O3S. The Morgan fingerprint density at radius 1 is 1.07 bits per heavy atom. The van der Waals surface area contributed by atoms with Gasteiger partial charge in [0.25, 0.3) is 0 Å². The fraction of sp³-hybridized carbons (Fsp3) is 0.217. The predicted molar refractivity (Wildman–Crippen MR) is 121 cm³/mol. The first kappa shape index (κ1) is 22.0. The van der Waals surface area contributed by atoms with Crippen molar-refractivity contribution in [1.82, 2.24) is 10.3 Å². The number of halogens is 1. The Morgan fingerprint density at radius 3 is 2.63 bits per heavy atom. The molecule has 0 saturated heterocycles. The summed E-state index contributed by atoms with van der Waals surface area (Å²) in [5, 5.41) is 3.61. The van der Waals surface area contributed by atoms with Gasteiger partial charge in [-0.15, -0.1) is 11.8 Å². The molecule has 0 atom stereocenters. The number of aromatic nitrogens is 1. The highest BCUT2D eigenvalue weighted by Crippen LogP contribution is 2.30. The molecule has 1 aromatic heterocycles. The van der Waals surface area contributed by atoms with Crippen LogP contribution in [0.25, 0.3) is 0 Å². The SMILES string of the molecule is CCOc1ccccc1Oc1ccc(CNC(=O)CSCc2cccc(Cl)c2)cn1. The number of nitrogens with one attached hydrogen (secondary N) is 1. The van der Waals surface area contributed by atoms with E-state index < -0.39 is 0 Å². The van der Waals surface area contributed by atoms with Crippen LogP contribution in [0.5, 0.6) is 17.4 Å². The van der Waals surface area contributed by atoms with Crippen molar-refractivity contribution in [3.05, 3.63) is 83.0 Å². The van der Waals surface area contributed by atoms with Crippen molar-refractivity contribution in [3.8, 4) is 17.4 Å². The zero-order valence-corrected chi connectivity index (χ0v) is 18.2. The fourth-order valence-corrected chi connectivity index (χ4v) is 3.66. The molecule has 0 fully saturated rings. The molecular weight excluding hydrogens is 420 g/mol. The van der Waals surface area contributed by atoms with Crippen LogP contribution in [0.1, 0.15) is 18.1 Å². The van der Waals surface area contributed by atoms with Crippen molar-refractivity contribution in [1.29, 1.82) is 0 Å². The summed E-state index contributed by atoms with van der Waals surface area (Å²) < 4.78 is 11.4. The van der Waals surface area contributed by atoms with E-state index in [0.717, 1.165) is 16.9 Å². The maximum atomic E-state index is 12.1. The first-order valence-corrected chi connectivity index (χ1v) is 11.1. The quantitative estimate of drug-likeness (QED) is 0.450. The monoisotopic (exact) mass is 442 g/mol. The van der Waals surface area contributed by atoms with Gasteiger partial charge in [0.15, 0.2) is 11.5 Å². The van der Waals surface area contributed by atoms with Crippen LogP contribution in [0.4, 0.5) is 0 Å². The first-order valence-electron chi connectivity index (χ1n) is 9.57. The summed E-state index contributed by atoms with van der Waals surface area (Å²) in [7, 11) is 0. The van der Waals surface area contributed by atoms with Gasteiger partial charge in [0.1, 0.15) is 0 Å². The molecule has 30 heavy (non-hydrogen) atoms. The zero-order chi connectivity index (χ0) is 21.2. The molecule has 2 aromatic carbocycles. The number of hydrogen-bond donors (Lipinski definition) is 1. The second-order valence-electron chi connectivity index (χ2n) is 6.39. The van der Waals surface area contributed by atoms with Gasteiger partial charge in [0.2, 0.25) is 11.8 Å². The average Bonchev–Trinajstić information content (AvgIpc) is 2.75. The molecule has 5 nitrogen and oxygen atoms in total. The van der Waals surface area contributed by atoms with E-state index in [1.807, 2.05) is 61.5 Å². The number of para-hydroxylation sites is 2. The lowest BCUT2D eigenvalue weighted by Crippen LogP contribution is -2.24. The molecule has 156 valence electrons. The van der Waals surface area contributed by atoms with Crippen molar-refractivity contribution in [2.24, 2.45) is 0 Å². The Hall–Kier alpha value is -2.70. The lowest BCUT2D eigenvalue weighted by Gasteiger charge is -2.11. The lowest BCUT2D eigenvalue weighted by molar-refractivity contribution is -0.118. The van der Waals surface area contributed by atoms with Crippen LogP contribution in [-0.2, 0) is 17.1 Å². The summed E-state index contributed by atoms with van der Waals surface area (Å²) in [6.45, 7) is 2.90. The Morgan fingerprint density at radius 2 is 1.90 bits per heavy atom. The van der Waals surface area contributed by atoms with Crippen LogP contribution < -0.4 is 14.8 Å². The van der Waals surface area contributed by atoms with Crippen molar-refractivity contribution in [2.75, 3.05) is 12.4 Å². The van der Waals surface area contributed by atoms with Gasteiger partial charge < -0.3 is 14.8 Å². The van der Waals surface area contributed by atoms with Crippen molar-refractivity contribution < 1.29 is 14.3 Å². The van der Waals surface area contributed by atoms with Gasteiger partial charge in [-0.3, -0.25) is 4.79 Å². The third kappa shape index (κ3) is 6.97. The van der Waals surface area contributed by atoms with E-state index in [-0.39, 0.29) is 5.91 Å². The summed E-state index contributed by atoms with van der Waals surface area (Å²) in [5.41, 5.74) is 2.00. The highest BCUT2D eigenvalue weighted by atomic mass is 35.5. The normalized spacial score (nSPS) is 10.5. The number of benzene rings is 2. The molecule has 0 saturated carbocycles. The minimum Gasteiger partial charge on any atom is -0.490 e. The van der Waals surface area contributed by atoms with Gasteiger partial charge in [-0.1, -0.05) is 41.9 Å². The van der Waals surface area contributed by atoms with Crippen LogP contribution in [0.3, 0.4) is 0 Å². The number of carbonyl (C=O) groups excluding carboxylic acids is 1. The molecule has 0 aliphatic carbocycles. The van der Waals surface area contributed by atoms with Gasteiger partial charge in [0, 0.05) is 29.6 Å². The number of hydrogen-bond acceptors (Lipinski definition) is 5. The third-order valence-corrected chi connectivity index (χ3v) is 5.28. The molecule has 3 aromatic rings. The Balaban J connectivity index is 1.43. The van der Waals surface area contributed by atoms with Crippen LogP contribution in [0.2, 0.25) is 5.02 Å². The van der Waals surface area contributed by atoms with Crippen LogP contribution >= 0.6 is 23.4 Å². The molecule has 1 N–H and O–H groups in total. The van der Waals surface area contributed by atoms with Crippen molar-refractivity contribution in [2.45, 2.75) is 19.2 Å². The van der Waals surface area contributed by atoms with Gasteiger partial charge >= 0.3 is 0 Å². The molecule has 0 radical (unpaired) electrons. The van der Waals surface area contributed by atoms with E-state index in [1.165, 1.54) is 0 Å². The summed E-state index contributed by atoms with van der Waals surface area (Å²) in [6, 6.07) is 18.8. The Bertz CT molecular complexity index is 967. The summed E-state index contributed by atoms with van der Waals surface area (Å²) in [5.74, 6) is 2.86. The van der Waals surface area contributed by atoms with Gasteiger partial charge in [0.05, 0.1) is 12.4 Å². The summed E-state index contributed by atoms with van der Waals surface area (Å²) in [6.07, 6.45) is 1.69. The summed E-state index contributed by atoms with van der Waals surface area (Å²) >= 11 is 7.52. The average molecular weight is 443 g/mol. The molecule has 0 aliphatic rings. The highest BCUT2D eigenvalue weighted by Gasteiger charge is 2.07. The second kappa shape index (κ2) is 11.5.